The summed E-state index contributed by atoms with van der Waals surface area (Å²) < 4.78 is 26.2. The monoisotopic (exact) mass is 380 g/mol. The van der Waals surface area contributed by atoms with Crippen molar-refractivity contribution in [1.82, 2.24) is 0 Å². The van der Waals surface area contributed by atoms with Crippen LogP contribution in [0.1, 0.15) is 10.4 Å². The zero-order valence-electron chi connectivity index (χ0n) is 13.0. The van der Waals surface area contributed by atoms with Crippen molar-refractivity contribution in [3.8, 4) is 0 Å². The first-order valence-electron chi connectivity index (χ1n) is 6.96. The van der Waals surface area contributed by atoms with Crippen molar-refractivity contribution in [2.75, 3.05) is 10.8 Å². The molecule has 0 saturated carbocycles. The largest absolute Gasteiger partial charge is 0.480 e. The van der Waals surface area contributed by atoms with Crippen molar-refractivity contribution in [3.05, 3.63) is 64.2 Å². The molecule has 10 nitrogen and oxygen atoms in total. The molecule has 0 atom stereocenters. The van der Waals surface area contributed by atoms with Gasteiger partial charge in [-0.05, 0) is 24.3 Å². The molecule has 2 rings (SSSR count). The third-order valence-corrected chi connectivity index (χ3v) is 5.11. The van der Waals surface area contributed by atoms with Gasteiger partial charge in [0.25, 0.3) is 15.7 Å². The molecule has 0 saturated heterocycles. The van der Waals surface area contributed by atoms with Crippen LogP contribution in [-0.2, 0) is 14.8 Å². The summed E-state index contributed by atoms with van der Waals surface area (Å²) in [5.41, 5.74) is -1.24. The number of hydrogen-bond acceptors (Lipinski definition) is 6. The molecule has 2 aromatic carbocycles. The first kappa shape index (κ1) is 18.9. The number of para-hydroxylation sites is 1. The number of rotatable bonds is 7. The number of carbonyl (C=O) groups is 2. The Hall–Kier alpha value is -3.47. The van der Waals surface area contributed by atoms with E-state index in [-0.39, 0.29) is 11.3 Å². The van der Waals surface area contributed by atoms with Gasteiger partial charge in [0, 0.05) is 6.07 Å². The lowest BCUT2D eigenvalue weighted by atomic mass is 10.2. The molecule has 2 aromatic rings. The van der Waals surface area contributed by atoms with Gasteiger partial charge in [-0.15, -0.1) is 0 Å². The number of carboxylic acids is 2. The molecule has 0 amide bonds. The maximum atomic E-state index is 12.9. The number of aliphatic carboxylic acids is 1. The van der Waals surface area contributed by atoms with E-state index in [0.29, 0.717) is 4.31 Å². The average molecular weight is 380 g/mol. The van der Waals surface area contributed by atoms with E-state index in [1.165, 1.54) is 30.3 Å². The lowest BCUT2D eigenvalue weighted by Gasteiger charge is -2.22. The Labute approximate surface area is 147 Å². The van der Waals surface area contributed by atoms with Crippen molar-refractivity contribution >= 4 is 33.3 Å². The molecule has 0 aromatic heterocycles. The summed E-state index contributed by atoms with van der Waals surface area (Å²) in [7, 11) is -4.65. The van der Waals surface area contributed by atoms with E-state index in [4.69, 9.17) is 10.2 Å². The molecule has 0 aliphatic carbocycles. The van der Waals surface area contributed by atoms with Gasteiger partial charge in [0.2, 0.25) is 0 Å². The minimum atomic E-state index is -4.65. The Morgan fingerprint density at radius 1 is 1.08 bits per heavy atom. The second-order valence-electron chi connectivity index (χ2n) is 4.99. The van der Waals surface area contributed by atoms with Gasteiger partial charge in [-0.25, -0.2) is 13.2 Å². The van der Waals surface area contributed by atoms with Gasteiger partial charge in [0.05, 0.1) is 16.2 Å². The van der Waals surface area contributed by atoms with E-state index in [9.17, 15) is 28.1 Å². The van der Waals surface area contributed by atoms with Crippen LogP contribution in [0.4, 0.5) is 11.4 Å². The van der Waals surface area contributed by atoms with Crippen LogP contribution in [-0.4, -0.2) is 42.0 Å². The lowest BCUT2D eigenvalue weighted by Crippen LogP contribution is -2.36. The number of hydrogen-bond donors (Lipinski definition) is 2. The maximum absolute atomic E-state index is 12.9. The summed E-state index contributed by atoms with van der Waals surface area (Å²) in [6.45, 7) is -1.04. The Kier molecular flexibility index (Phi) is 5.22. The summed E-state index contributed by atoms with van der Waals surface area (Å²) in [5.74, 6) is -2.86. The standard InChI is InChI=1S/C15H12N2O8S/c18-14(19)9-16(11-5-3-4-10(8-11)15(20)21)26(24,25)13-7-2-1-6-12(13)17(22)23/h1-8H,9H2,(H,18,19)(H,20,21). The number of nitro benzene ring substituents is 1. The van der Waals surface area contributed by atoms with E-state index in [1.807, 2.05) is 0 Å². The number of carboxylic acid groups (broad SMARTS) is 2. The highest BCUT2D eigenvalue weighted by atomic mass is 32.2. The molecular weight excluding hydrogens is 368 g/mol. The highest BCUT2D eigenvalue weighted by Crippen LogP contribution is 2.30. The van der Waals surface area contributed by atoms with Crippen LogP contribution in [0.2, 0.25) is 0 Å². The van der Waals surface area contributed by atoms with Crippen LogP contribution in [0.5, 0.6) is 0 Å². The summed E-state index contributed by atoms with van der Waals surface area (Å²) in [5, 5.41) is 29.2. The predicted molar refractivity (Wildman–Crippen MR) is 88.7 cm³/mol. The molecule has 26 heavy (non-hydrogen) atoms. The number of nitrogens with zero attached hydrogens (tertiary/aromatic N) is 2. The minimum Gasteiger partial charge on any atom is -0.480 e. The van der Waals surface area contributed by atoms with E-state index in [1.54, 1.807) is 0 Å². The van der Waals surface area contributed by atoms with E-state index in [0.717, 1.165) is 18.2 Å². The Balaban J connectivity index is 2.67. The smallest absolute Gasteiger partial charge is 0.335 e. The van der Waals surface area contributed by atoms with Gasteiger partial charge in [0.15, 0.2) is 4.90 Å². The number of benzene rings is 2. The molecule has 0 heterocycles. The number of aromatic carboxylic acids is 1. The number of nitro groups is 1. The van der Waals surface area contributed by atoms with E-state index >= 15 is 0 Å². The summed E-state index contributed by atoms with van der Waals surface area (Å²) in [4.78, 5) is 31.7. The second-order valence-corrected chi connectivity index (χ2v) is 6.82. The SMILES string of the molecule is O=C(O)CN(c1cccc(C(=O)O)c1)S(=O)(=O)c1ccccc1[N+](=O)[O-]. The van der Waals surface area contributed by atoms with Crippen LogP contribution < -0.4 is 4.31 Å². The molecule has 11 heteroatoms. The van der Waals surface area contributed by atoms with Gasteiger partial charge >= 0.3 is 11.9 Å². The van der Waals surface area contributed by atoms with Crippen molar-refractivity contribution in [2.24, 2.45) is 0 Å². The summed E-state index contributed by atoms with van der Waals surface area (Å²) in [6.07, 6.45) is 0. The fourth-order valence-electron chi connectivity index (χ4n) is 2.18. The lowest BCUT2D eigenvalue weighted by molar-refractivity contribution is -0.387. The molecule has 136 valence electrons. The number of sulfonamides is 1. The Bertz CT molecular complexity index is 987. The van der Waals surface area contributed by atoms with Gasteiger partial charge < -0.3 is 10.2 Å². The molecule has 0 aliphatic rings. The van der Waals surface area contributed by atoms with Gasteiger partial charge in [-0.3, -0.25) is 19.2 Å². The third-order valence-electron chi connectivity index (χ3n) is 3.29. The van der Waals surface area contributed by atoms with Crippen molar-refractivity contribution < 1.29 is 33.1 Å². The van der Waals surface area contributed by atoms with Crippen molar-refractivity contribution in [3.63, 3.8) is 0 Å². The van der Waals surface area contributed by atoms with Crippen LogP contribution in [0, 0.1) is 10.1 Å². The van der Waals surface area contributed by atoms with Crippen LogP contribution in [0.3, 0.4) is 0 Å². The highest BCUT2D eigenvalue weighted by Gasteiger charge is 2.33. The van der Waals surface area contributed by atoms with E-state index < -0.39 is 44.0 Å². The number of anilines is 1. The zero-order valence-corrected chi connectivity index (χ0v) is 13.8. The molecule has 0 radical (unpaired) electrons. The van der Waals surface area contributed by atoms with Crippen molar-refractivity contribution in [2.45, 2.75) is 4.90 Å². The Morgan fingerprint density at radius 2 is 1.73 bits per heavy atom. The molecule has 0 spiro atoms. The summed E-state index contributed by atoms with van der Waals surface area (Å²) in [6, 6.07) is 9.07. The highest BCUT2D eigenvalue weighted by molar-refractivity contribution is 7.93. The topological polar surface area (TPSA) is 155 Å². The van der Waals surface area contributed by atoms with Crippen LogP contribution in [0.15, 0.2) is 53.4 Å². The fraction of sp³-hybridized carbons (Fsp3) is 0.0667. The summed E-state index contributed by atoms with van der Waals surface area (Å²) >= 11 is 0. The van der Waals surface area contributed by atoms with Crippen molar-refractivity contribution in [1.29, 1.82) is 0 Å². The average Bonchev–Trinajstić information content (AvgIpc) is 2.59. The predicted octanol–water partition coefficient (Wildman–Crippen LogP) is 1.57. The third kappa shape index (κ3) is 3.78. The van der Waals surface area contributed by atoms with Crippen LogP contribution >= 0.6 is 0 Å². The fourth-order valence-corrected chi connectivity index (χ4v) is 3.74. The quantitative estimate of drug-likeness (QED) is 0.541. The Morgan fingerprint density at radius 3 is 2.31 bits per heavy atom. The van der Waals surface area contributed by atoms with Crippen LogP contribution in [0.25, 0.3) is 0 Å². The maximum Gasteiger partial charge on any atom is 0.335 e. The molecule has 0 aliphatic heterocycles. The molecule has 0 bridgehead atoms. The molecule has 0 fully saturated rings. The van der Waals surface area contributed by atoms with Gasteiger partial charge in [-0.1, -0.05) is 18.2 Å². The first-order valence-corrected chi connectivity index (χ1v) is 8.40. The minimum absolute atomic E-state index is 0.245. The molecular formula is C15H12N2O8S. The van der Waals surface area contributed by atoms with Gasteiger partial charge in [-0.2, -0.15) is 0 Å². The molecule has 2 N–H and O–H groups in total. The van der Waals surface area contributed by atoms with E-state index in [2.05, 4.69) is 0 Å². The first-order chi connectivity index (χ1) is 12.1. The van der Waals surface area contributed by atoms with Gasteiger partial charge in [0.1, 0.15) is 6.54 Å². The normalized spacial score (nSPS) is 10.9. The molecule has 0 unspecified atom stereocenters. The second kappa shape index (κ2) is 7.19. The zero-order chi connectivity index (χ0) is 19.5.